The van der Waals surface area contributed by atoms with Crippen LogP contribution in [0.15, 0.2) is 12.1 Å². The van der Waals surface area contributed by atoms with Gasteiger partial charge in [-0.1, -0.05) is 11.6 Å². The van der Waals surface area contributed by atoms with E-state index in [0.29, 0.717) is 0 Å². The fourth-order valence-electron chi connectivity index (χ4n) is 1.93. The van der Waals surface area contributed by atoms with Crippen LogP contribution < -0.4 is 15.4 Å². The topological polar surface area (TPSA) is 33.3 Å². The molecule has 0 aromatic heterocycles. The van der Waals surface area contributed by atoms with Crippen LogP contribution in [0.3, 0.4) is 0 Å². The highest BCUT2D eigenvalue weighted by molar-refractivity contribution is 6.31. The molecule has 0 bridgehead atoms. The van der Waals surface area contributed by atoms with E-state index in [0.717, 1.165) is 54.0 Å². The first-order valence-corrected chi connectivity index (χ1v) is 6.33. The van der Waals surface area contributed by atoms with Crippen LogP contribution in [0.25, 0.3) is 0 Å². The lowest BCUT2D eigenvalue weighted by molar-refractivity contribution is 0.330. The second-order valence-electron chi connectivity index (χ2n) is 4.57. The summed E-state index contributed by atoms with van der Waals surface area (Å²) in [4.78, 5) is 0. The molecular formula is C13H19ClN2O. The summed E-state index contributed by atoms with van der Waals surface area (Å²) in [5.41, 5.74) is 2.17. The zero-order valence-corrected chi connectivity index (χ0v) is 11.1. The number of methoxy groups -OCH3 is 1. The van der Waals surface area contributed by atoms with Crippen LogP contribution in [0.4, 0.5) is 0 Å². The lowest BCUT2D eigenvalue weighted by Gasteiger charge is -2.27. The van der Waals surface area contributed by atoms with E-state index < -0.39 is 0 Å². The van der Waals surface area contributed by atoms with E-state index >= 15 is 0 Å². The SMILES string of the molecule is COc1cc(C)c(Cl)cc1CNCC1CNC1. The van der Waals surface area contributed by atoms with Crippen LogP contribution in [-0.4, -0.2) is 26.7 Å². The van der Waals surface area contributed by atoms with Crippen molar-refractivity contribution in [2.75, 3.05) is 26.7 Å². The largest absolute Gasteiger partial charge is 0.496 e. The Morgan fingerprint density at radius 2 is 2.24 bits per heavy atom. The summed E-state index contributed by atoms with van der Waals surface area (Å²) in [6.07, 6.45) is 0. The predicted molar refractivity (Wildman–Crippen MR) is 70.8 cm³/mol. The molecule has 0 unspecified atom stereocenters. The van der Waals surface area contributed by atoms with Crippen molar-refractivity contribution < 1.29 is 4.74 Å². The summed E-state index contributed by atoms with van der Waals surface area (Å²) in [6, 6.07) is 3.98. The van der Waals surface area contributed by atoms with Gasteiger partial charge in [0, 0.05) is 36.8 Å². The molecule has 1 fully saturated rings. The normalized spacial score (nSPS) is 15.7. The zero-order valence-electron chi connectivity index (χ0n) is 10.3. The highest BCUT2D eigenvalue weighted by Gasteiger charge is 2.16. The summed E-state index contributed by atoms with van der Waals surface area (Å²) in [6.45, 7) is 6.08. The van der Waals surface area contributed by atoms with Gasteiger partial charge in [0.2, 0.25) is 0 Å². The molecule has 1 heterocycles. The Bertz CT molecular complexity index is 391. The van der Waals surface area contributed by atoms with Crippen molar-refractivity contribution in [3.05, 3.63) is 28.3 Å². The Morgan fingerprint density at radius 1 is 1.47 bits per heavy atom. The standard InChI is InChI=1S/C13H19ClN2O/c1-9-3-13(17-2)11(4-12(9)14)8-16-7-10-5-15-6-10/h3-4,10,15-16H,5-8H2,1-2H3. The maximum Gasteiger partial charge on any atom is 0.123 e. The molecule has 2 N–H and O–H groups in total. The second kappa shape index (κ2) is 5.71. The van der Waals surface area contributed by atoms with E-state index in [2.05, 4.69) is 10.6 Å². The van der Waals surface area contributed by atoms with Crippen molar-refractivity contribution in [1.82, 2.24) is 10.6 Å². The number of nitrogens with one attached hydrogen (secondary N) is 2. The van der Waals surface area contributed by atoms with E-state index in [9.17, 15) is 0 Å². The lowest BCUT2D eigenvalue weighted by Crippen LogP contribution is -2.47. The van der Waals surface area contributed by atoms with Crippen molar-refractivity contribution in [3.8, 4) is 5.75 Å². The van der Waals surface area contributed by atoms with Crippen LogP contribution in [0.5, 0.6) is 5.75 Å². The van der Waals surface area contributed by atoms with E-state index in [1.807, 2.05) is 19.1 Å². The van der Waals surface area contributed by atoms with Gasteiger partial charge in [-0.05, 0) is 30.5 Å². The van der Waals surface area contributed by atoms with Gasteiger partial charge in [-0.25, -0.2) is 0 Å². The monoisotopic (exact) mass is 254 g/mol. The molecule has 17 heavy (non-hydrogen) atoms. The molecule has 0 aliphatic carbocycles. The fraction of sp³-hybridized carbons (Fsp3) is 0.538. The second-order valence-corrected chi connectivity index (χ2v) is 4.98. The first-order valence-electron chi connectivity index (χ1n) is 5.95. The molecule has 0 radical (unpaired) electrons. The van der Waals surface area contributed by atoms with Gasteiger partial charge in [-0.15, -0.1) is 0 Å². The van der Waals surface area contributed by atoms with Crippen LogP contribution in [0, 0.1) is 12.8 Å². The van der Waals surface area contributed by atoms with E-state index in [1.165, 1.54) is 0 Å². The van der Waals surface area contributed by atoms with Gasteiger partial charge in [-0.3, -0.25) is 0 Å². The first kappa shape index (κ1) is 12.7. The van der Waals surface area contributed by atoms with E-state index in [-0.39, 0.29) is 0 Å². The Hall–Kier alpha value is -0.770. The summed E-state index contributed by atoms with van der Waals surface area (Å²) in [7, 11) is 1.70. The third-order valence-electron chi connectivity index (χ3n) is 3.18. The minimum atomic E-state index is 0.766. The van der Waals surface area contributed by atoms with Gasteiger partial charge in [0.25, 0.3) is 0 Å². The molecule has 4 heteroatoms. The van der Waals surface area contributed by atoms with Gasteiger partial charge in [0.05, 0.1) is 7.11 Å². The lowest BCUT2D eigenvalue weighted by atomic mass is 10.0. The number of hydrogen-bond donors (Lipinski definition) is 2. The highest BCUT2D eigenvalue weighted by Crippen LogP contribution is 2.26. The third-order valence-corrected chi connectivity index (χ3v) is 3.58. The quantitative estimate of drug-likeness (QED) is 0.843. The minimum absolute atomic E-state index is 0.766. The van der Waals surface area contributed by atoms with Gasteiger partial charge in [0.15, 0.2) is 0 Å². The maximum absolute atomic E-state index is 6.13. The molecule has 0 amide bonds. The van der Waals surface area contributed by atoms with Crippen molar-refractivity contribution in [2.45, 2.75) is 13.5 Å². The molecule has 0 saturated carbocycles. The number of benzene rings is 1. The summed E-state index contributed by atoms with van der Waals surface area (Å²) < 4.78 is 5.37. The van der Waals surface area contributed by atoms with Crippen molar-refractivity contribution in [2.24, 2.45) is 5.92 Å². The molecule has 1 aromatic rings. The minimum Gasteiger partial charge on any atom is -0.496 e. The number of hydrogen-bond acceptors (Lipinski definition) is 3. The zero-order chi connectivity index (χ0) is 12.3. The Kier molecular flexibility index (Phi) is 4.26. The van der Waals surface area contributed by atoms with E-state index in [1.54, 1.807) is 7.11 Å². The molecule has 1 aliphatic rings. The molecule has 0 spiro atoms. The Morgan fingerprint density at radius 3 is 2.82 bits per heavy atom. The number of ether oxygens (including phenoxy) is 1. The van der Waals surface area contributed by atoms with Gasteiger partial charge in [0.1, 0.15) is 5.75 Å². The van der Waals surface area contributed by atoms with Crippen LogP contribution in [0.2, 0.25) is 5.02 Å². The molecule has 2 rings (SSSR count). The summed E-state index contributed by atoms with van der Waals surface area (Å²) in [5.74, 6) is 1.67. The van der Waals surface area contributed by atoms with Crippen molar-refractivity contribution in [1.29, 1.82) is 0 Å². The molecule has 1 aliphatic heterocycles. The van der Waals surface area contributed by atoms with Crippen LogP contribution >= 0.6 is 11.6 Å². The molecule has 0 atom stereocenters. The third kappa shape index (κ3) is 3.12. The van der Waals surface area contributed by atoms with Gasteiger partial charge >= 0.3 is 0 Å². The fourth-order valence-corrected chi connectivity index (χ4v) is 2.11. The average molecular weight is 255 g/mol. The Labute approximate surface area is 107 Å². The number of halogens is 1. The van der Waals surface area contributed by atoms with Crippen molar-refractivity contribution in [3.63, 3.8) is 0 Å². The highest BCUT2D eigenvalue weighted by atomic mass is 35.5. The van der Waals surface area contributed by atoms with Gasteiger partial charge < -0.3 is 15.4 Å². The molecule has 94 valence electrons. The van der Waals surface area contributed by atoms with Crippen molar-refractivity contribution >= 4 is 11.6 Å². The number of aryl methyl sites for hydroxylation is 1. The summed E-state index contributed by atoms with van der Waals surface area (Å²) in [5, 5.41) is 7.51. The molecular weight excluding hydrogens is 236 g/mol. The van der Waals surface area contributed by atoms with Crippen LogP contribution in [0.1, 0.15) is 11.1 Å². The Balaban J connectivity index is 1.95. The molecule has 3 nitrogen and oxygen atoms in total. The van der Waals surface area contributed by atoms with Crippen LogP contribution in [-0.2, 0) is 6.54 Å². The smallest absolute Gasteiger partial charge is 0.123 e. The number of rotatable bonds is 5. The molecule has 1 saturated heterocycles. The van der Waals surface area contributed by atoms with Gasteiger partial charge in [-0.2, -0.15) is 0 Å². The van der Waals surface area contributed by atoms with E-state index in [4.69, 9.17) is 16.3 Å². The predicted octanol–water partition coefficient (Wildman–Crippen LogP) is 1.97. The maximum atomic E-state index is 6.13. The summed E-state index contributed by atoms with van der Waals surface area (Å²) >= 11 is 6.13. The molecule has 1 aromatic carbocycles. The average Bonchev–Trinajstić information content (AvgIpc) is 2.26. The first-order chi connectivity index (χ1) is 8.20.